The number of amides is 4. The van der Waals surface area contributed by atoms with E-state index in [0.717, 1.165) is 10.5 Å². The van der Waals surface area contributed by atoms with E-state index in [9.17, 15) is 37.5 Å². The first-order valence-electron chi connectivity index (χ1n) is 17.7. The van der Waals surface area contributed by atoms with E-state index in [4.69, 9.17) is 37.1 Å². The minimum atomic E-state index is -2.74. The third kappa shape index (κ3) is 5.46. The van der Waals surface area contributed by atoms with E-state index in [1.807, 2.05) is 0 Å². The highest BCUT2D eigenvalue weighted by Crippen LogP contribution is 2.66. The van der Waals surface area contributed by atoms with Gasteiger partial charge >= 0.3 is 0 Å². The van der Waals surface area contributed by atoms with Crippen LogP contribution in [0.1, 0.15) is 41.4 Å². The second kappa shape index (κ2) is 14.1. The van der Waals surface area contributed by atoms with Gasteiger partial charge in [-0.15, -0.1) is 23.2 Å². The lowest BCUT2D eigenvalue weighted by molar-refractivity contribution is -0.125. The maximum atomic E-state index is 15.3. The van der Waals surface area contributed by atoms with Gasteiger partial charge in [-0.2, -0.15) is 0 Å². The number of benzene rings is 3. The molecule has 0 radical (unpaired) electrons. The maximum Gasteiger partial charge on any atom is 0.258 e. The molecular formula is C41H29Cl2F5N2O8. The van der Waals surface area contributed by atoms with Crippen LogP contribution >= 0.6 is 23.2 Å². The molecule has 0 unspecified atom stereocenters. The minimum absolute atomic E-state index is 0.0283. The van der Waals surface area contributed by atoms with Crippen LogP contribution in [0.2, 0.25) is 0 Å². The van der Waals surface area contributed by atoms with Gasteiger partial charge in [0.05, 0.1) is 37.7 Å². The van der Waals surface area contributed by atoms with Crippen LogP contribution in [0.5, 0.6) is 11.5 Å². The molecule has 2 aliphatic carbocycles. The summed E-state index contributed by atoms with van der Waals surface area (Å²) in [6.07, 6.45) is 4.41. The van der Waals surface area contributed by atoms with Crippen molar-refractivity contribution in [1.82, 2.24) is 0 Å². The number of alkyl halides is 2. The number of carbonyl (C=O) groups is 4. The van der Waals surface area contributed by atoms with Gasteiger partial charge in [0.15, 0.2) is 33.0 Å². The Hall–Kier alpha value is -5.51. The van der Waals surface area contributed by atoms with Crippen LogP contribution in [-0.4, -0.2) is 52.7 Å². The Balaban J connectivity index is 1.17. The number of halogens is 7. The lowest BCUT2D eigenvalue weighted by Gasteiger charge is -2.49. The van der Waals surface area contributed by atoms with Crippen molar-refractivity contribution in [3.63, 3.8) is 0 Å². The van der Waals surface area contributed by atoms with Gasteiger partial charge in [-0.25, -0.2) is 26.9 Å². The number of furan rings is 1. The Morgan fingerprint density at radius 1 is 0.810 bits per heavy atom. The quantitative estimate of drug-likeness (QED) is 0.0370. The zero-order valence-corrected chi connectivity index (χ0v) is 31.7. The van der Waals surface area contributed by atoms with Crippen molar-refractivity contribution < 1.29 is 60.1 Å². The van der Waals surface area contributed by atoms with Crippen molar-refractivity contribution in [2.75, 3.05) is 24.0 Å². The van der Waals surface area contributed by atoms with E-state index in [0.29, 0.717) is 17.1 Å². The summed E-state index contributed by atoms with van der Waals surface area (Å²) in [6.45, 7) is -0.628. The van der Waals surface area contributed by atoms with Crippen molar-refractivity contribution in [2.24, 2.45) is 17.8 Å². The highest BCUT2D eigenvalue weighted by atomic mass is 35.5. The molecule has 1 aromatic heterocycles. The number of aliphatic hydroxyl groups is 1. The number of hydrogen-bond acceptors (Lipinski definition) is 8. The van der Waals surface area contributed by atoms with E-state index in [1.165, 1.54) is 26.4 Å². The molecule has 0 bridgehead atoms. The van der Waals surface area contributed by atoms with E-state index in [1.54, 1.807) is 60.7 Å². The smallest absolute Gasteiger partial charge is 0.258 e. The third-order valence-corrected chi connectivity index (χ3v) is 12.8. The fraction of sp³-hybridized carbons (Fsp3) is 0.268. The van der Waals surface area contributed by atoms with Crippen molar-refractivity contribution >= 4 is 70.4 Å². The summed E-state index contributed by atoms with van der Waals surface area (Å²) in [7, 11) is 3.07. The number of allylic oxidation sites excluding steroid dienone is 2. The van der Waals surface area contributed by atoms with Gasteiger partial charge < -0.3 is 19.0 Å². The first kappa shape index (κ1) is 39.3. The highest BCUT2D eigenvalue weighted by molar-refractivity contribution is 6.58. The predicted octanol–water partition coefficient (Wildman–Crippen LogP) is 7.42. The average Bonchev–Trinajstić information content (AvgIpc) is 3.85. The fourth-order valence-corrected chi connectivity index (χ4v) is 9.57. The van der Waals surface area contributed by atoms with E-state index in [2.05, 4.69) is 0 Å². The number of rotatable bonds is 8. The van der Waals surface area contributed by atoms with Crippen molar-refractivity contribution in [3.8, 4) is 11.5 Å². The number of anilines is 2. The maximum absolute atomic E-state index is 15.3. The lowest BCUT2D eigenvalue weighted by Crippen LogP contribution is -2.60. The van der Waals surface area contributed by atoms with E-state index in [-0.39, 0.29) is 34.1 Å². The molecular weight excluding hydrogens is 814 g/mol. The molecule has 58 heavy (non-hydrogen) atoms. The standard InChI is InChI=1S/C41H29Cl2F5N2O8/c1-56-21-9-13-26(57-2)19(15-21)6-3-18-4-7-20(8-5-18)49-36(52)24-12-11-23-25(28(24)37(49)53)16-40(42)38(54)50(35-33(47)31(45)30(44)32(46)34(35)48)39(55)41(40,43)29(23)27-14-10-22(17-51)58-27/h3-11,13-15,24-25,28-29,51H,12,16-17H2,1-2H3/t24-,25+,28-,29+,40+,41-/m0/s1. The first-order chi connectivity index (χ1) is 27.6. The van der Waals surface area contributed by atoms with Crippen LogP contribution in [0, 0.1) is 46.8 Å². The summed E-state index contributed by atoms with van der Waals surface area (Å²) in [4.78, 5) is 52.5. The van der Waals surface area contributed by atoms with Crippen LogP contribution in [0.3, 0.4) is 0 Å². The molecule has 6 atom stereocenters. The monoisotopic (exact) mass is 842 g/mol. The van der Waals surface area contributed by atoms with Crippen LogP contribution in [0.15, 0.2) is 70.7 Å². The highest BCUT2D eigenvalue weighted by Gasteiger charge is 2.77. The molecule has 17 heteroatoms. The lowest BCUT2D eigenvalue weighted by atomic mass is 9.57. The third-order valence-electron chi connectivity index (χ3n) is 11.4. The molecule has 8 rings (SSSR count). The van der Waals surface area contributed by atoms with Crippen LogP contribution in [0.4, 0.5) is 33.3 Å². The number of aliphatic hydroxyl groups excluding tert-OH is 1. The summed E-state index contributed by atoms with van der Waals surface area (Å²) >= 11 is 14.2. The number of hydrogen-bond donors (Lipinski definition) is 1. The van der Waals surface area contributed by atoms with Crippen molar-refractivity contribution in [3.05, 3.63) is 118 Å². The Labute approximate surface area is 336 Å². The van der Waals surface area contributed by atoms with E-state index >= 15 is 8.78 Å². The molecule has 4 aromatic rings. The van der Waals surface area contributed by atoms with Gasteiger partial charge in [0.2, 0.25) is 17.6 Å². The largest absolute Gasteiger partial charge is 0.497 e. The Morgan fingerprint density at radius 2 is 1.48 bits per heavy atom. The Kier molecular flexibility index (Phi) is 9.56. The SMILES string of the molecule is COc1ccc(OC)c(C=Cc2ccc(N3C(=O)[C@H]4[C@H](CC=C5[C@H]4C[C@@]4(Cl)C(=O)N(c6c(F)c(F)c(F)c(F)c6F)C(=O)[C@@]4(Cl)[C@H]5c4ccc(CO)o4)C3=O)cc2)c1. The molecule has 1 saturated carbocycles. The van der Waals surface area contributed by atoms with E-state index < -0.39 is 105 Å². The normalized spacial score (nSPS) is 26.6. The zero-order valence-electron chi connectivity index (χ0n) is 30.2. The van der Waals surface area contributed by atoms with Crippen molar-refractivity contribution in [2.45, 2.75) is 35.1 Å². The molecule has 300 valence electrons. The van der Waals surface area contributed by atoms with Crippen LogP contribution in [-0.2, 0) is 25.8 Å². The summed E-state index contributed by atoms with van der Waals surface area (Å²) in [5.74, 6) is -20.8. The molecule has 3 fully saturated rings. The summed E-state index contributed by atoms with van der Waals surface area (Å²) in [5.41, 5.74) is -0.0144. The fourth-order valence-electron chi connectivity index (χ4n) is 8.66. The molecule has 2 aliphatic heterocycles. The molecule has 3 heterocycles. The molecule has 1 N–H and O–H groups in total. The van der Waals surface area contributed by atoms with Gasteiger partial charge in [-0.05, 0) is 66.8 Å². The van der Waals surface area contributed by atoms with Gasteiger partial charge in [-0.1, -0.05) is 35.9 Å². The van der Waals surface area contributed by atoms with Gasteiger partial charge in [-0.3, -0.25) is 24.1 Å². The summed E-state index contributed by atoms with van der Waals surface area (Å²) < 4.78 is 90.1. The molecule has 4 aliphatic rings. The summed E-state index contributed by atoms with van der Waals surface area (Å²) in [6, 6.07) is 14.4. The summed E-state index contributed by atoms with van der Waals surface area (Å²) in [5, 5.41) is 9.79. The number of imide groups is 2. The van der Waals surface area contributed by atoms with Crippen molar-refractivity contribution in [1.29, 1.82) is 0 Å². The number of methoxy groups -OCH3 is 2. The first-order valence-corrected chi connectivity index (χ1v) is 18.4. The molecule has 0 spiro atoms. The van der Waals surface area contributed by atoms with Crippen LogP contribution < -0.4 is 19.3 Å². The van der Waals surface area contributed by atoms with Gasteiger partial charge in [0, 0.05) is 5.56 Å². The second-order valence-corrected chi connectivity index (χ2v) is 15.4. The zero-order chi connectivity index (χ0) is 41.6. The topological polar surface area (TPSA) is 127 Å². The van der Waals surface area contributed by atoms with Gasteiger partial charge in [0.25, 0.3) is 11.8 Å². The molecule has 10 nitrogen and oxygen atoms in total. The number of nitrogens with zero attached hydrogens (tertiary/aromatic N) is 2. The molecule has 3 aromatic carbocycles. The Morgan fingerprint density at radius 3 is 2.10 bits per heavy atom. The number of carbonyl (C=O) groups excluding carboxylic acids is 4. The average molecular weight is 844 g/mol. The molecule has 2 saturated heterocycles. The second-order valence-electron chi connectivity index (χ2n) is 14.2. The number of fused-ring (bicyclic) bond motifs is 4. The minimum Gasteiger partial charge on any atom is -0.497 e. The van der Waals surface area contributed by atoms with Crippen LogP contribution in [0.25, 0.3) is 12.2 Å². The Bertz CT molecular complexity index is 2480. The van der Waals surface area contributed by atoms with Gasteiger partial charge in [0.1, 0.15) is 35.3 Å². The number of ether oxygens (including phenoxy) is 2. The molecule has 4 amide bonds. The predicted molar refractivity (Wildman–Crippen MR) is 198 cm³/mol.